The van der Waals surface area contributed by atoms with Crippen molar-refractivity contribution < 1.29 is 9.53 Å². The van der Waals surface area contributed by atoms with Crippen LogP contribution in [0.3, 0.4) is 0 Å². The van der Waals surface area contributed by atoms with E-state index in [1.165, 1.54) is 5.56 Å². The fourth-order valence-corrected chi connectivity index (χ4v) is 2.11. The van der Waals surface area contributed by atoms with Crippen LogP contribution in [-0.4, -0.2) is 28.8 Å². The van der Waals surface area contributed by atoms with Gasteiger partial charge in [-0.1, -0.05) is 12.1 Å². The molecule has 0 spiro atoms. The largest absolute Gasteiger partial charge is 0.492 e. The Morgan fingerprint density at radius 3 is 2.81 bits per heavy atom. The topological polar surface area (TPSA) is 56.1 Å². The predicted molar refractivity (Wildman–Crippen MR) is 79.0 cm³/mol. The minimum atomic E-state index is 0.160. The molecule has 1 saturated carbocycles. The molecule has 1 amide bonds. The maximum atomic E-state index is 11.4. The molecule has 1 aliphatic carbocycles. The zero-order valence-electron chi connectivity index (χ0n) is 11.9. The van der Waals surface area contributed by atoms with E-state index in [0.29, 0.717) is 13.2 Å². The number of hydrogen-bond acceptors (Lipinski definition) is 3. The van der Waals surface area contributed by atoms with E-state index < -0.39 is 0 Å². The Kier molecular flexibility index (Phi) is 4.19. The second kappa shape index (κ2) is 6.43. The van der Waals surface area contributed by atoms with E-state index in [1.54, 1.807) is 6.20 Å². The normalized spacial score (nSPS) is 13.9. The highest BCUT2D eigenvalue weighted by molar-refractivity contribution is 5.80. The molecule has 1 aromatic carbocycles. The Morgan fingerprint density at radius 2 is 2.14 bits per heavy atom. The molecule has 0 saturated heterocycles. The molecule has 5 nitrogen and oxygen atoms in total. The van der Waals surface area contributed by atoms with Crippen molar-refractivity contribution in [1.82, 2.24) is 15.1 Å². The van der Waals surface area contributed by atoms with Gasteiger partial charge in [-0.3, -0.25) is 9.48 Å². The fourth-order valence-electron chi connectivity index (χ4n) is 2.11. The fraction of sp³-hybridized carbons (Fsp3) is 0.375. The van der Waals surface area contributed by atoms with Gasteiger partial charge in [0.2, 0.25) is 5.91 Å². The molecule has 1 aromatic heterocycles. The van der Waals surface area contributed by atoms with Gasteiger partial charge in [-0.25, -0.2) is 0 Å². The van der Waals surface area contributed by atoms with E-state index in [9.17, 15) is 4.79 Å². The summed E-state index contributed by atoms with van der Waals surface area (Å²) in [6.45, 7) is 1.81. The average Bonchev–Trinajstić information content (AvgIpc) is 3.24. The number of amides is 1. The average molecular weight is 285 g/mol. The molecular formula is C16H19N3O2. The summed E-state index contributed by atoms with van der Waals surface area (Å²) in [7, 11) is 0. The van der Waals surface area contributed by atoms with Gasteiger partial charge in [-0.05, 0) is 36.6 Å². The van der Waals surface area contributed by atoms with Gasteiger partial charge in [0.05, 0.1) is 13.1 Å². The van der Waals surface area contributed by atoms with E-state index in [-0.39, 0.29) is 11.8 Å². The lowest BCUT2D eigenvalue weighted by atomic mass is 10.2. The van der Waals surface area contributed by atoms with Crippen LogP contribution in [0.2, 0.25) is 0 Å². The molecule has 1 N–H and O–H groups in total. The zero-order valence-corrected chi connectivity index (χ0v) is 11.9. The molecule has 110 valence electrons. The molecule has 21 heavy (non-hydrogen) atoms. The summed E-state index contributed by atoms with van der Waals surface area (Å²) in [6, 6.07) is 9.86. The summed E-state index contributed by atoms with van der Waals surface area (Å²) in [5.74, 6) is 1.24. The number of carbonyl (C=O) groups is 1. The molecule has 0 radical (unpaired) electrons. The van der Waals surface area contributed by atoms with E-state index in [2.05, 4.69) is 10.4 Å². The molecule has 0 atom stereocenters. The molecule has 3 rings (SSSR count). The van der Waals surface area contributed by atoms with Crippen molar-refractivity contribution in [2.24, 2.45) is 5.92 Å². The summed E-state index contributed by atoms with van der Waals surface area (Å²) >= 11 is 0. The Bertz CT molecular complexity index is 574. The lowest BCUT2D eigenvalue weighted by Gasteiger charge is -2.08. The van der Waals surface area contributed by atoms with Crippen molar-refractivity contribution in [1.29, 1.82) is 0 Å². The van der Waals surface area contributed by atoms with Crippen LogP contribution in [-0.2, 0) is 11.3 Å². The van der Waals surface area contributed by atoms with E-state index in [4.69, 9.17) is 4.74 Å². The first kappa shape index (κ1) is 13.7. The highest BCUT2D eigenvalue weighted by atomic mass is 16.5. The Labute approximate surface area is 123 Å². The van der Waals surface area contributed by atoms with Crippen molar-refractivity contribution >= 4 is 5.91 Å². The van der Waals surface area contributed by atoms with Gasteiger partial charge < -0.3 is 10.1 Å². The van der Waals surface area contributed by atoms with Crippen molar-refractivity contribution in [2.75, 3.05) is 13.2 Å². The van der Waals surface area contributed by atoms with Gasteiger partial charge >= 0.3 is 0 Å². The molecule has 1 fully saturated rings. The van der Waals surface area contributed by atoms with Crippen molar-refractivity contribution in [2.45, 2.75) is 19.4 Å². The minimum Gasteiger partial charge on any atom is -0.492 e. The van der Waals surface area contributed by atoms with Crippen LogP contribution in [0.15, 0.2) is 42.7 Å². The predicted octanol–water partition coefficient (Wildman–Crippen LogP) is 1.84. The molecule has 1 heterocycles. The molecule has 5 heteroatoms. The van der Waals surface area contributed by atoms with Gasteiger partial charge in [0.25, 0.3) is 0 Å². The Balaban J connectivity index is 1.40. The van der Waals surface area contributed by atoms with Crippen molar-refractivity contribution in [3.63, 3.8) is 0 Å². The second-order valence-corrected chi connectivity index (χ2v) is 5.26. The third kappa shape index (κ3) is 4.08. The number of nitrogens with zero attached hydrogens (tertiary/aromatic N) is 2. The standard InChI is InChI=1S/C16H19N3O2/c20-16(14-4-5-14)17-9-11-21-15-6-2-13(3-7-15)12-19-10-1-8-18-19/h1-3,6-8,10,14H,4-5,9,11-12H2,(H,17,20). The van der Waals surface area contributed by atoms with Crippen molar-refractivity contribution in [3.05, 3.63) is 48.3 Å². The molecule has 0 bridgehead atoms. The highest BCUT2D eigenvalue weighted by Crippen LogP contribution is 2.28. The summed E-state index contributed by atoms with van der Waals surface area (Å²) in [4.78, 5) is 11.4. The first-order valence-electron chi connectivity index (χ1n) is 7.28. The number of rotatable bonds is 7. The smallest absolute Gasteiger partial charge is 0.223 e. The number of nitrogens with one attached hydrogen (secondary N) is 1. The Hall–Kier alpha value is -2.30. The van der Waals surface area contributed by atoms with Crippen LogP contribution in [0.25, 0.3) is 0 Å². The number of hydrogen-bond donors (Lipinski definition) is 1. The molecule has 2 aromatic rings. The van der Waals surface area contributed by atoms with E-state index in [1.807, 2.05) is 41.2 Å². The monoisotopic (exact) mass is 285 g/mol. The van der Waals surface area contributed by atoms with Crippen LogP contribution < -0.4 is 10.1 Å². The lowest BCUT2D eigenvalue weighted by Crippen LogP contribution is -2.29. The van der Waals surface area contributed by atoms with Crippen LogP contribution in [0.5, 0.6) is 5.75 Å². The Morgan fingerprint density at radius 1 is 1.33 bits per heavy atom. The van der Waals surface area contributed by atoms with Gasteiger partial charge in [0.15, 0.2) is 0 Å². The van der Waals surface area contributed by atoms with Crippen LogP contribution in [0.1, 0.15) is 18.4 Å². The zero-order chi connectivity index (χ0) is 14.5. The van der Waals surface area contributed by atoms with E-state index in [0.717, 1.165) is 25.1 Å². The van der Waals surface area contributed by atoms with Crippen LogP contribution in [0.4, 0.5) is 0 Å². The number of benzene rings is 1. The molecule has 0 unspecified atom stereocenters. The first-order valence-corrected chi connectivity index (χ1v) is 7.28. The first-order chi connectivity index (χ1) is 10.3. The van der Waals surface area contributed by atoms with Crippen molar-refractivity contribution in [3.8, 4) is 5.75 Å². The molecule has 0 aliphatic heterocycles. The highest BCUT2D eigenvalue weighted by Gasteiger charge is 2.28. The SMILES string of the molecule is O=C(NCCOc1ccc(Cn2cccn2)cc1)C1CC1. The third-order valence-electron chi connectivity index (χ3n) is 3.45. The summed E-state index contributed by atoms with van der Waals surface area (Å²) in [5, 5.41) is 7.06. The molecule has 1 aliphatic rings. The summed E-state index contributed by atoms with van der Waals surface area (Å²) < 4.78 is 7.49. The third-order valence-corrected chi connectivity index (χ3v) is 3.45. The quantitative estimate of drug-likeness (QED) is 0.790. The summed E-state index contributed by atoms with van der Waals surface area (Å²) in [6.07, 6.45) is 5.77. The number of carbonyl (C=O) groups excluding carboxylic acids is 1. The van der Waals surface area contributed by atoms with Gasteiger partial charge in [-0.15, -0.1) is 0 Å². The number of ether oxygens (including phenoxy) is 1. The molecular weight excluding hydrogens is 266 g/mol. The van der Waals surface area contributed by atoms with Gasteiger partial charge in [0.1, 0.15) is 12.4 Å². The number of aromatic nitrogens is 2. The van der Waals surface area contributed by atoms with Gasteiger partial charge in [-0.2, -0.15) is 5.10 Å². The van der Waals surface area contributed by atoms with Gasteiger partial charge in [0, 0.05) is 18.3 Å². The lowest BCUT2D eigenvalue weighted by molar-refractivity contribution is -0.122. The van der Waals surface area contributed by atoms with E-state index >= 15 is 0 Å². The maximum Gasteiger partial charge on any atom is 0.223 e. The second-order valence-electron chi connectivity index (χ2n) is 5.26. The maximum absolute atomic E-state index is 11.4. The van der Waals surface area contributed by atoms with Crippen LogP contribution in [0, 0.1) is 5.92 Å². The van der Waals surface area contributed by atoms with Crippen LogP contribution >= 0.6 is 0 Å². The summed E-state index contributed by atoms with van der Waals surface area (Å²) in [5.41, 5.74) is 1.17. The minimum absolute atomic E-state index is 0.160.